The number of nitrogens with zero attached hydrogens (tertiary/aromatic N) is 3. The monoisotopic (exact) mass is 601 g/mol. The van der Waals surface area contributed by atoms with E-state index in [0.717, 1.165) is 23.0 Å². The molecule has 3 aromatic carbocycles. The van der Waals surface area contributed by atoms with Crippen molar-refractivity contribution in [3.63, 3.8) is 0 Å². The Morgan fingerprint density at radius 1 is 1.00 bits per heavy atom. The van der Waals surface area contributed by atoms with E-state index in [4.69, 9.17) is 13.9 Å². The molecule has 0 N–H and O–H groups in total. The van der Waals surface area contributed by atoms with Crippen LogP contribution >= 0.6 is 11.8 Å². The van der Waals surface area contributed by atoms with Crippen LogP contribution in [0.15, 0.2) is 70.4 Å². The molecule has 42 heavy (non-hydrogen) atoms. The van der Waals surface area contributed by atoms with Gasteiger partial charge in [0.25, 0.3) is 5.91 Å². The molecule has 1 atom stereocenters. The Kier molecular flexibility index (Phi) is 8.15. The largest absolute Gasteiger partial charge is 0.492 e. The first-order valence-corrected chi connectivity index (χ1v) is 12.9. The van der Waals surface area contributed by atoms with E-state index in [2.05, 4.69) is 14.8 Å². The first-order valence-electron chi connectivity index (χ1n) is 12.0. The number of hydrogen-bond acceptors (Lipinski definition) is 9. The fourth-order valence-electron chi connectivity index (χ4n) is 4.03. The first-order chi connectivity index (χ1) is 20.2. The number of para-hydroxylation sites is 1. The van der Waals surface area contributed by atoms with Crippen molar-refractivity contribution in [1.29, 1.82) is 0 Å². The number of carbonyl (C=O) groups excluding carboxylic acids is 2. The van der Waals surface area contributed by atoms with Crippen LogP contribution in [0.1, 0.15) is 43.2 Å². The molecule has 14 heteroatoms. The third-order valence-corrected chi connectivity index (χ3v) is 7.16. The second kappa shape index (κ2) is 11.9. The topological polar surface area (TPSA) is 103 Å². The number of oxazole rings is 1. The summed E-state index contributed by atoms with van der Waals surface area (Å²) < 4.78 is 77.7. The predicted octanol–water partition coefficient (Wildman–Crippen LogP) is 5.85. The molecule has 1 unspecified atom stereocenters. The number of halogens is 4. The summed E-state index contributed by atoms with van der Waals surface area (Å²) in [4.78, 5) is 29.1. The van der Waals surface area contributed by atoms with Gasteiger partial charge in [0.2, 0.25) is 5.89 Å². The highest BCUT2D eigenvalue weighted by atomic mass is 32.2. The van der Waals surface area contributed by atoms with E-state index < -0.39 is 46.1 Å². The van der Waals surface area contributed by atoms with Crippen molar-refractivity contribution >= 4 is 28.7 Å². The number of rotatable bonds is 8. The molecule has 4 aromatic rings. The number of esters is 1. The van der Waals surface area contributed by atoms with E-state index in [-0.39, 0.29) is 34.7 Å². The van der Waals surface area contributed by atoms with Gasteiger partial charge in [0.05, 0.1) is 14.2 Å². The minimum atomic E-state index is -1.41. The number of aromatic nitrogens is 1. The molecule has 0 radical (unpaired) electrons. The minimum Gasteiger partial charge on any atom is -0.492 e. The minimum absolute atomic E-state index is 0.0547. The number of thioether (sulfide) groups is 1. The van der Waals surface area contributed by atoms with E-state index in [1.54, 1.807) is 18.2 Å². The molecule has 216 valence electrons. The highest BCUT2D eigenvalue weighted by Crippen LogP contribution is 2.48. The summed E-state index contributed by atoms with van der Waals surface area (Å²) in [6.07, 6.45) is 1.11. The number of hydrazone groups is 1. The van der Waals surface area contributed by atoms with Gasteiger partial charge >= 0.3 is 5.97 Å². The molecule has 0 aliphatic carbocycles. The van der Waals surface area contributed by atoms with Crippen molar-refractivity contribution in [2.24, 2.45) is 5.10 Å². The summed E-state index contributed by atoms with van der Waals surface area (Å²) in [5, 5.41) is 4.32. The number of carbonyl (C=O) groups is 2. The Labute approximate surface area is 239 Å². The van der Waals surface area contributed by atoms with Crippen molar-refractivity contribution in [3.8, 4) is 11.5 Å². The van der Waals surface area contributed by atoms with Crippen LogP contribution in [0, 0.1) is 23.3 Å². The zero-order valence-corrected chi connectivity index (χ0v) is 22.6. The van der Waals surface area contributed by atoms with Gasteiger partial charge in [-0.05, 0) is 30.3 Å². The van der Waals surface area contributed by atoms with Crippen molar-refractivity contribution in [1.82, 2.24) is 9.99 Å². The van der Waals surface area contributed by atoms with Crippen molar-refractivity contribution in [3.05, 3.63) is 112 Å². The molecule has 0 bridgehead atoms. The molecule has 0 fully saturated rings. The molecule has 2 heterocycles. The number of amides is 1. The van der Waals surface area contributed by atoms with Gasteiger partial charge in [-0.15, -0.1) is 0 Å². The quantitative estimate of drug-likeness (QED) is 0.183. The fraction of sp³-hybridized carbons (Fsp3) is 0.143. The van der Waals surface area contributed by atoms with E-state index >= 15 is 0 Å². The van der Waals surface area contributed by atoms with Crippen LogP contribution in [0.2, 0.25) is 0 Å². The average molecular weight is 602 g/mol. The Morgan fingerprint density at radius 3 is 2.38 bits per heavy atom. The third-order valence-electron chi connectivity index (χ3n) is 5.94. The van der Waals surface area contributed by atoms with Gasteiger partial charge in [-0.25, -0.2) is 32.3 Å². The highest BCUT2D eigenvalue weighted by molar-refractivity contribution is 8.14. The molecule has 1 aliphatic rings. The summed E-state index contributed by atoms with van der Waals surface area (Å²) in [6, 6.07) is 10.8. The molecular formula is C28H19F4N3O6S. The normalized spacial score (nSPS) is 14.5. The Bertz CT molecular complexity index is 1670. The third kappa shape index (κ3) is 5.65. The molecule has 0 spiro atoms. The van der Waals surface area contributed by atoms with Gasteiger partial charge in [0.15, 0.2) is 23.8 Å². The van der Waals surface area contributed by atoms with Gasteiger partial charge < -0.3 is 18.6 Å². The van der Waals surface area contributed by atoms with E-state index in [1.807, 2.05) is 0 Å². The van der Waals surface area contributed by atoms with Gasteiger partial charge in [-0.2, -0.15) is 5.10 Å². The van der Waals surface area contributed by atoms with Gasteiger partial charge in [0.1, 0.15) is 45.5 Å². The van der Waals surface area contributed by atoms with E-state index in [1.165, 1.54) is 38.5 Å². The molecule has 1 aromatic heterocycles. The molecule has 5 rings (SSSR count). The zero-order chi connectivity index (χ0) is 30.0. The number of benzene rings is 3. The average Bonchev–Trinajstić information content (AvgIpc) is 3.63. The Hall–Kier alpha value is -4.85. The summed E-state index contributed by atoms with van der Waals surface area (Å²) in [7, 11) is 2.54. The summed E-state index contributed by atoms with van der Waals surface area (Å²) in [5.41, 5.74) is -0.319. The SMILES string of the molecule is COC(=O)c1coc(COc2cccc(C3SC(c4ccc(F)cc4)=NN3C(=O)c3c(F)cc(F)cc3F)c2OC)n1. The second-order valence-corrected chi connectivity index (χ2v) is 9.63. The summed E-state index contributed by atoms with van der Waals surface area (Å²) in [6.45, 7) is -0.222. The lowest BCUT2D eigenvalue weighted by Gasteiger charge is -2.24. The maximum absolute atomic E-state index is 14.6. The van der Waals surface area contributed by atoms with Crippen molar-refractivity contribution in [2.75, 3.05) is 14.2 Å². The molecule has 0 saturated carbocycles. The number of ether oxygens (including phenoxy) is 3. The summed E-state index contributed by atoms with van der Waals surface area (Å²) >= 11 is 1.03. The lowest BCUT2D eigenvalue weighted by molar-refractivity contribution is 0.0593. The first kappa shape index (κ1) is 28.7. The Balaban J connectivity index is 1.51. The Morgan fingerprint density at radius 2 is 1.71 bits per heavy atom. The standard InChI is InChI=1S/C28H19F4N3O6S/c1-38-24-17(4-3-5-21(24)40-13-22-33-20(12-41-22)28(37)39-2)27-35(26(36)23-18(31)10-16(30)11-19(23)32)34-25(42-27)14-6-8-15(29)9-7-14/h3-12,27H,13H2,1-2H3. The second-order valence-electron chi connectivity index (χ2n) is 8.56. The number of hydrogen-bond donors (Lipinski definition) is 0. The lowest BCUT2D eigenvalue weighted by Crippen LogP contribution is -2.28. The summed E-state index contributed by atoms with van der Waals surface area (Å²) in [5.74, 6) is -6.03. The lowest BCUT2D eigenvalue weighted by atomic mass is 10.1. The molecule has 1 amide bonds. The maximum atomic E-state index is 14.6. The zero-order valence-electron chi connectivity index (χ0n) is 21.8. The van der Waals surface area contributed by atoms with Gasteiger partial charge in [-0.1, -0.05) is 23.9 Å². The van der Waals surface area contributed by atoms with E-state index in [0.29, 0.717) is 23.3 Å². The van der Waals surface area contributed by atoms with Crippen LogP contribution in [0.5, 0.6) is 11.5 Å². The van der Waals surface area contributed by atoms with Gasteiger partial charge in [0, 0.05) is 23.3 Å². The fourth-order valence-corrected chi connectivity index (χ4v) is 5.20. The highest BCUT2D eigenvalue weighted by Gasteiger charge is 2.39. The van der Waals surface area contributed by atoms with Crippen molar-refractivity contribution < 1.29 is 45.8 Å². The smallest absolute Gasteiger partial charge is 0.360 e. The molecule has 9 nitrogen and oxygen atoms in total. The molecular weight excluding hydrogens is 582 g/mol. The number of methoxy groups -OCH3 is 2. The van der Waals surface area contributed by atoms with Crippen LogP contribution < -0.4 is 9.47 Å². The van der Waals surface area contributed by atoms with Crippen molar-refractivity contribution in [2.45, 2.75) is 12.0 Å². The van der Waals surface area contributed by atoms with Crippen LogP contribution in [0.4, 0.5) is 17.6 Å². The van der Waals surface area contributed by atoms with Crippen LogP contribution in [-0.4, -0.2) is 41.1 Å². The molecule has 0 saturated heterocycles. The van der Waals surface area contributed by atoms with E-state index in [9.17, 15) is 27.2 Å². The van der Waals surface area contributed by atoms with Gasteiger partial charge in [-0.3, -0.25) is 4.79 Å². The van der Waals surface area contributed by atoms with Crippen LogP contribution in [0.25, 0.3) is 0 Å². The van der Waals surface area contributed by atoms with Crippen LogP contribution in [0.3, 0.4) is 0 Å². The predicted molar refractivity (Wildman–Crippen MR) is 141 cm³/mol. The van der Waals surface area contributed by atoms with Crippen LogP contribution in [-0.2, 0) is 11.3 Å². The maximum Gasteiger partial charge on any atom is 0.360 e. The molecule has 1 aliphatic heterocycles.